The minimum absolute atomic E-state index is 0.0113. The lowest BCUT2D eigenvalue weighted by atomic mass is 9.92. The van der Waals surface area contributed by atoms with Gasteiger partial charge in [0.1, 0.15) is 0 Å². The van der Waals surface area contributed by atoms with Gasteiger partial charge in [0.25, 0.3) is 0 Å². The Labute approximate surface area is 366 Å². The van der Waals surface area contributed by atoms with Gasteiger partial charge in [-0.3, -0.25) is 9.59 Å². The number of hydrogen-bond donors (Lipinski definition) is 0. The topological polar surface area (TPSA) is 74.3 Å². The summed E-state index contributed by atoms with van der Waals surface area (Å²) in [6, 6.07) is 0. The number of ether oxygens (including phenoxy) is 4. The number of rotatable bonds is 41. The van der Waals surface area contributed by atoms with Gasteiger partial charge < -0.3 is 23.8 Å². The van der Waals surface area contributed by atoms with Crippen molar-refractivity contribution in [3.63, 3.8) is 0 Å². The zero-order valence-electron chi connectivity index (χ0n) is 39.8. The summed E-state index contributed by atoms with van der Waals surface area (Å²) in [5.41, 5.74) is 0. The molecule has 2 rings (SSSR count). The van der Waals surface area contributed by atoms with Crippen molar-refractivity contribution in [1.29, 1.82) is 0 Å². The first-order valence-electron chi connectivity index (χ1n) is 26.3. The van der Waals surface area contributed by atoms with Gasteiger partial charge in [-0.1, -0.05) is 175 Å². The lowest BCUT2D eigenvalue weighted by molar-refractivity contribution is -0.180. The number of nitrogens with zero attached hydrogens (tertiary/aromatic N) is 1. The quantitative estimate of drug-likeness (QED) is 0.0449. The zero-order chi connectivity index (χ0) is 42.5. The predicted octanol–water partition coefficient (Wildman–Crippen LogP) is 14.9. The van der Waals surface area contributed by atoms with E-state index in [2.05, 4.69) is 32.6 Å². The lowest BCUT2D eigenvalue weighted by Crippen LogP contribution is -2.34. The molecule has 0 unspecified atom stereocenters. The molecule has 2 aliphatic rings. The third-order valence-electron chi connectivity index (χ3n) is 13.4. The van der Waals surface area contributed by atoms with E-state index >= 15 is 0 Å². The van der Waals surface area contributed by atoms with Crippen molar-refractivity contribution in [2.45, 2.75) is 271 Å². The highest BCUT2D eigenvalue weighted by molar-refractivity contribution is 5.69. The Morgan fingerprint density at radius 2 is 0.966 bits per heavy atom. The third kappa shape index (κ3) is 28.9. The van der Waals surface area contributed by atoms with E-state index in [0.717, 1.165) is 103 Å². The summed E-state index contributed by atoms with van der Waals surface area (Å²) in [4.78, 5) is 27.6. The van der Waals surface area contributed by atoms with E-state index in [1.807, 2.05) is 0 Å². The first-order chi connectivity index (χ1) is 28.9. The second-order valence-electron chi connectivity index (χ2n) is 18.9. The molecule has 2 heterocycles. The molecule has 59 heavy (non-hydrogen) atoms. The first-order valence-corrected chi connectivity index (χ1v) is 26.3. The Balaban J connectivity index is 1.65. The molecule has 2 aliphatic heterocycles. The molecule has 7 nitrogen and oxygen atoms in total. The van der Waals surface area contributed by atoms with Crippen molar-refractivity contribution in [2.24, 2.45) is 11.8 Å². The number of unbranched alkanes of at least 4 members (excludes halogenated alkanes) is 16. The van der Waals surface area contributed by atoms with Crippen LogP contribution >= 0.6 is 0 Å². The van der Waals surface area contributed by atoms with Crippen LogP contribution in [0.25, 0.3) is 0 Å². The number of carbonyl (C=O) groups excluding carboxylic acids is 2. The highest BCUT2D eigenvalue weighted by Gasteiger charge is 2.40. The van der Waals surface area contributed by atoms with Gasteiger partial charge in [0, 0.05) is 32.2 Å². The normalized spacial score (nSPS) is 17.0. The summed E-state index contributed by atoms with van der Waals surface area (Å²) in [5, 5.41) is 0. The molecule has 2 fully saturated rings. The van der Waals surface area contributed by atoms with E-state index in [0.29, 0.717) is 44.5 Å². The molecule has 0 aromatic carbocycles. The van der Waals surface area contributed by atoms with Gasteiger partial charge in [0.05, 0.1) is 25.9 Å². The Morgan fingerprint density at radius 1 is 0.542 bits per heavy atom. The van der Waals surface area contributed by atoms with Crippen LogP contribution < -0.4 is 0 Å². The number of likely N-dealkylation sites (tertiary alicyclic amines) is 1. The van der Waals surface area contributed by atoms with E-state index in [4.69, 9.17) is 18.9 Å². The zero-order valence-corrected chi connectivity index (χ0v) is 39.8. The molecule has 1 atom stereocenters. The monoisotopic (exact) mass is 834 g/mol. The van der Waals surface area contributed by atoms with Gasteiger partial charge in [-0.15, -0.1) is 0 Å². The van der Waals surface area contributed by atoms with Crippen LogP contribution in [0.2, 0.25) is 0 Å². The van der Waals surface area contributed by atoms with Crippen molar-refractivity contribution in [3.8, 4) is 0 Å². The van der Waals surface area contributed by atoms with Crippen molar-refractivity contribution < 1.29 is 28.5 Å². The number of piperidine rings is 1. The van der Waals surface area contributed by atoms with Gasteiger partial charge in [0.2, 0.25) is 0 Å². The first kappa shape index (κ1) is 54.0. The Kier molecular flexibility index (Phi) is 34.2. The molecule has 0 radical (unpaired) electrons. The Morgan fingerprint density at radius 3 is 1.41 bits per heavy atom. The van der Waals surface area contributed by atoms with E-state index in [-0.39, 0.29) is 18.0 Å². The minimum Gasteiger partial charge on any atom is -0.466 e. The second kappa shape index (κ2) is 37.4. The second-order valence-corrected chi connectivity index (χ2v) is 18.9. The maximum Gasteiger partial charge on any atom is 0.305 e. The number of esters is 2. The van der Waals surface area contributed by atoms with Crippen LogP contribution in [0.15, 0.2) is 0 Å². The highest BCUT2D eigenvalue weighted by Crippen LogP contribution is 2.36. The molecular formula is C52H99NO6. The maximum atomic E-state index is 12.5. The lowest BCUT2D eigenvalue weighted by Gasteiger charge is -2.30. The van der Waals surface area contributed by atoms with Gasteiger partial charge in [0.15, 0.2) is 5.79 Å². The largest absolute Gasteiger partial charge is 0.466 e. The Hall–Kier alpha value is -1.18. The summed E-state index contributed by atoms with van der Waals surface area (Å²) in [7, 11) is 0. The van der Waals surface area contributed by atoms with Gasteiger partial charge in [-0.25, -0.2) is 0 Å². The molecule has 348 valence electrons. The van der Waals surface area contributed by atoms with Gasteiger partial charge in [-0.05, 0) is 82.7 Å². The van der Waals surface area contributed by atoms with Crippen molar-refractivity contribution in [3.05, 3.63) is 0 Å². The molecule has 0 spiro atoms. The average molecular weight is 834 g/mol. The maximum absolute atomic E-state index is 12.5. The van der Waals surface area contributed by atoms with Crippen LogP contribution in [0, 0.1) is 11.8 Å². The Bertz CT molecular complexity index is 893. The summed E-state index contributed by atoms with van der Waals surface area (Å²) < 4.78 is 24.8. The van der Waals surface area contributed by atoms with Crippen molar-refractivity contribution in [1.82, 2.24) is 4.90 Å². The van der Waals surface area contributed by atoms with E-state index in [1.54, 1.807) is 0 Å². The summed E-state index contributed by atoms with van der Waals surface area (Å²) in [6.45, 7) is 14.5. The fourth-order valence-electron chi connectivity index (χ4n) is 9.46. The standard InChI is InChI=1S/C52H99NO6/c1-5-9-20-30-47(31-21-10-6-2)37-44-56-50(54)34-24-15-13-17-26-39-52(58-46-49(59-52)36-43-53-41-28-19-29-42-53)40-27-18-14-16-25-35-51(55)57-45-38-48(32-22-11-7-3)33-23-12-8-4/h47-49H,5-46H2,1-4H3/t49-/m0/s1. The molecular weight excluding hydrogens is 735 g/mol. The smallest absolute Gasteiger partial charge is 0.305 e. The molecule has 2 saturated heterocycles. The number of carbonyl (C=O) groups is 2. The van der Waals surface area contributed by atoms with Crippen molar-refractivity contribution >= 4 is 11.9 Å². The summed E-state index contributed by atoms with van der Waals surface area (Å²) in [5.74, 6) is 0.940. The van der Waals surface area contributed by atoms with Crippen LogP contribution in [0.4, 0.5) is 0 Å². The van der Waals surface area contributed by atoms with E-state index < -0.39 is 5.79 Å². The molecule has 0 aromatic heterocycles. The fraction of sp³-hybridized carbons (Fsp3) is 0.962. The number of hydrogen-bond acceptors (Lipinski definition) is 7. The van der Waals surface area contributed by atoms with E-state index in [1.165, 1.54) is 135 Å². The SMILES string of the molecule is CCCCCC(CCCCC)CCOC(=O)CCCCCCCC1(CCCCCCCC(=O)OCCC(CCCCC)CCCCC)OC[C@H](CCN2CCCCC2)O1. The summed E-state index contributed by atoms with van der Waals surface area (Å²) >= 11 is 0. The predicted molar refractivity (Wildman–Crippen MR) is 248 cm³/mol. The van der Waals surface area contributed by atoms with Crippen molar-refractivity contribution in [2.75, 3.05) is 39.5 Å². The molecule has 0 saturated carbocycles. The van der Waals surface area contributed by atoms with Crippen LogP contribution in [0.5, 0.6) is 0 Å². The van der Waals surface area contributed by atoms with Gasteiger partial charge in [-0.2, -0.15) is 0 Å². The van der Waals surface area contributed by atoms with Crippen LogP contribution in [0.3, 0.4) is 0 Å². The summed E-state index contributed by atoms with van der Waals surface area (Å²) in [6.07, 6.45) is 41.7. The average Bonchev–Trinajstić information content (AvgIpc) is 3.65. The molecule has 0 aromatic rings. The highest BCUT2D eigenvalue weighted by atomic mass is 16.7. The molecule has 0 N–H and O–H groups in total. The minimum atomic E-state index is -0.448. The van der Waals surface area contributed by atoms with Gasteiger partial charge >= 0.3 is 11.9 Å². The third-order valence-corrected chi connectivity index (χ3v) is 13.4. The molecule has 7 heteroatoms. The van der Waals surface area contributed by atoms with Crippen LogP contribution in [-0.4, -0.2) is 68.2 Å². The molecule has 0 bridgehead atoms. The van der Waals surface area contributed by atoms with Crippen LogP contribution in [0.1, 0.15) is 259 Å². The fourth-order valence-corrected chi connectivity index (χ4v) is 9.46. The molecule has 0 amide bonds. The van der Waals surface area contributed by atoms with E-state index in [9.17, 15) is 9.59 Å². The van der Waals surface area contributed by atoms with Crippen LogP contribution in [-0.2, 0) is 28.5 Å². The molecule has 0 aliphatic carbocycles.